The molecule has 0 spiro atoms. The number of ether oxygens (including phenoxy) is 1. The minimum absolute atomic E-state index is 0.0673. The standard InChI is InChI=1S/C17H17NO5S/c1-17(2)10-12-4-3-5-14(15(12)22-17)23-24(20,21)13-8-6-11(7-9-13)16(18)19/h3-9H,10H2,1-2H3,(H2,18,19). The van der Waals surface area contributed by atoms with E-state index >= 15 is 0 Å². The third-order valence-corrected chi connectivity index (χ3v) is 4.93. The van der Waals surface area contributed by atoms with E-state index in [2.05, 4.69) is 0 Å². The van der Waals surface area contributed by atoms with Crippen molar-refractivity contribution < 1.29 is 22.1 Å². The second-order valence-corrected chi connectivity index (χ2v) is 7.76. The fraction of sp³-hybridized carbons (Fsp3) is 0.235. The van der Waals surface area contributed by atoms with Gasteiger partial charge in [0.15, 0.2) is 11.5 Å². The zero-order valence-corrected chi connectivity index (χ0v) is 14.1. The van der Waals surface area contributed by atoms with E-state index in [0.29, 0.717) is 12.2 Å². The van der Waals surface area contributed by atoms with Crippen molar-refractivity contribution in [1.82, 2.24) is 0 Å². The number of carbonyl (C=O) groups is 1. The number of hydrogen-bond donors (Lipinski definition) is 1. The maximum absolute atomic E-state index is 12.4. The van der Waals surface area contributed by atoms with E-state index < -0.39 is 21.6 Å². The topological polar surface area (TPSA) is 95.7 Å². The van der Waals surface area contributed by atoms with E-state index in [1.807, 2.05) is 19.9 Å². The van der Waals surface area contributed by atoms with E-state index in [1.54, 1.807) is 12.1 Å². The Morgan fingerprint density at radius 3 is 2.46 bits per heavy atom. The summed E-state index contributed by atoms with van der Waals surface area (Å²) in [6.07, 6.45) is 0.674. The van der Waals surface area contributed by atoms with Crippen LogP contribution in [0.5, 0.6) is 11.5 Å². The van der Waals surface area contributed by atoms with Crippen LogP contribution in [-0.4, -0.2) is 19.9 Å². The van der Waals surface area contributed by atoms with Crippen molar-refractivity contribution in [3.63, 3.8) is 0 Å². The van der Waals surface area contributed by atoms with Crippen molar-refractivity contribution in [1.29, 1.82) is 0 Å². The smallest absolute Gasteiger partial charge is 0.339 e. The third kappa shape index (κ3) is 3.07. The summed E-state index contributed by atoms with van der Waals surface area (Å²) in [7, 11) is -4.05. The summed E-state index contributed by atoms with van der Waals surface area (Å²) in [6, 6.07) is 10.4. The summed E-state index contributed by atoms with van der Waals surface area (Å²) < 4.78 is 36.0. The highest BCUT2D eigenvalue weighted by Gasteiger charge is 2.33. The first-order valence-electron chi connectivity index (χ1n) is 7.33. The van der Waals surface area contributed by atoms with Crippen molar-refractivity contribution in [3.05, 3.63) is 53.6 Å². The number of fused-ring (bicyclic) bond motifs is 1. The molecule has 3 rings (SSSR count). The van der Waals surface area contributed by atoms with Crippen LogP contribution in [0.15, 0.2) is 47.4 Å². The van der Waals surface area contributed by atoms with Gasteiger partial charge in [0.1, 0.15) is 10.5 Å². The van der Waals surface area contributed by atoms with Crippen molar-refractivity contribution >= 4 is 16.0 Å². The summed E-state index contributed by atoms with van der Waals surface area (Å²) in [5.74, 6) is -0.0340. The maximum atomic E-state index is 12.4. The predicted molar refractivity (Wildman–Crippen MR) is 87.6 cm³/mol. The van der Waals surface area contributed by atoms with Crippen molar-refractivity contribution in [2.75, 3.05) is 0 Å². The number of primary amides is 1. The first kappa shape index (κ1) is 16.3. The molecule has 2 N–H and O–H groups in total. The van der Waals surface area contributed by atoms with Crippen LogP contribution in [0, 0.1) is 0 Å². The summed E-state index contributed by atoms with van der Waals surface area (Å²) in [6.45, 7) is 3.85. The van der Waals surface area contributed by atoms with Crippen LogP contribution in [0.1, 0.15) is 29.8 Å². The highest BCUT2D eigenvalue weighted by molar-refractivity contribution is 7.87. The van der Waals surface area contributed by atoms with Gasteiger partial charge in [-0.1, -0.05) is 12.1 Å². The molecule has 0 aromatic heterocycles. The fourth-order valence-corrected chi connectivity index (χ4v) is 3.54. The Morgan fingerprint density at radius 2 is 1.83 bits per heavy atom. The third-order valence-electron chi connectivity index (χ3n) is 3.68. The van der Waals surface area contributed by atoms with E-state index in [4.69, 9.17) is 14.7 Å². The zero-order chi connectivity index (χ0) is 17.5. The minimum atomic E-state index is -4.05. The van der Waals surface area contributed by atoms with Crippen LogP contribution in [-0.2, 0) is 16.5 Å². The monoisotopic (exact) mass is 347 g/mol. The molecular weight excluding hydrogens is 330 g/mol. The van der Waals surface area contributed by atoms with Crippen LogP contribution < -0.4 is 14.7 Å². The van der Waals surface area contributed by atoms with Gasteiger partial charge in [0.05, 0.1) is 0 Å². The normalized spacial score (nSPS) is 15.4. The van der Waals surface area contributed by atoms with Crippen LogP contribution in [0.4, 0.5) is 0 Å². The molecule has 1 aliphatic rings. The van der Waals surface area contributed by atoms with Crippen molar-refractivity contribution in [2.45, 2.75) is 30.8 Å². The lowest BCUT2D eigenvalue weighted by atomic mass is 10.0. The van der Waals surface area contributed by atoms with Gasteiger partial charge < -0.3 is 14.7 Å². The van der Waals surface area contributed by atoms with E-state index in [1.165, 1.54) is 24.3 Å². The molecule has 126 valence electrons. The number of hydrogen-bond acceptors (Lipinski definition) is 5. The molecule has 1 heterocycles. The summed E-state index contributed by atoms with van der Waals surface area (Å²) in [5, 5.41) is 0. The Labute approximate surface area is 140 Å². The summed E-state index contributed by atoms with van der Waals surface area (Å²) >= 11 is 0. The van der Waals surface area contributed by atoms with Crippen molar-refractivity contribution in [2.24, 2.45) is 5.73 Å². The second-order valence-electron chi connectivity index (χ2n) is 6.21. The summed E-state index contributed by atoms with van der Waals surface area (Å²) in [4.78, 5) is 11.0. The average Bonchev–Trinajstić information content (AvgIpc) is 2.82. The molecule has 2 aromatic carbocycles. The Bertz CT molecular complexity index is 901. The van der Waals surface area contributed by atoms with Gasteiger partial charge >= 0.3 is 10.1 Å². The lowest BCUT2D eigenvalue weighted by Crippen LogP contribution is -2.24. The molecule has 0 aliphatic carbocycles. The number of rotatable bonds is 4. The summed E-state index contributed by atoms with van der Waals surface area (Å²) in [5.41, 5.74) is 5.86. The van der Waals surface area contributed by atoms with Gasteiger partial charge in [-0.3, -0.25) is 4.79 Å². The largest absolute Gasteiger partial charge is 0.483 e. The number of carbonyl (C=O) groups excluding carboxylic acids is 1. The Kier molecular flexibility index (Phi) is 3.76. The van der Waals surface area contributed by atoms with Crippen molar-refractivity contribution in [3.8, 4) is 11.5 Å². The Hall–Kier alpha value is -2.54. The molecule has 0 unspecified atom stereocenters. The molecule has 0 saturated carbocycles. The number of amides is 1. The van der Waals surface area contributed by atoms with Gasteiger partial charge in [0.2, 0.25) is 5.91 Å². The highest BCUT2D eigenvalue weighted by Crippen LogP contribution is 2.42. The minimum Gasteiger partial charge on any atom is -0.483 e. The van der Waals surface area contributed by atoms with Gasteiger partial charge in [-0.25, -0.2) is 0 Å². The average molecular weight is 347 g/mol. The predicted octanol–water partition coefficient (Wildman–Crippen LogP) is 2.27. The Balaban J connectivity index is 1.91. The van der Waals surface area contributed by atoms with E-state index in [0.717, 1.165) is 5.56 Å². The second kappa shape index (κ2) is 5.52. The zero-order valence-electron chi connectivity index (χ0n) is 13.3. The fourth-order valence-electron chi connectivity index (χ4n) is 2.61. The first-order valence-corrected chi connectivity index (χ1v) is 8.74. The molecule has 7 heteroatoms. The van der Waals surface area contributed by atoms with Gasteiger partial charge in [0, 0.05) is 17.5 Å². The molecule has 0 radical (unpaired) electrons. The van der Waals surface area contributed by atoms with Gasteiger partial charge in [-0.15, -0.1) is 0 Å². The molecule has 0 saturated heterocycles. The SMILES string of the molecule is CC1(C)Cc2cccc(OS(=O)(=O)c3ccc(C(N)=O)cc3)c2O1. The number of benzene rings is 2. The van der Waals surface area contributed by atoms with Crippen LogP contribution >= 0.6 is 0 Å². The highest BCUT2D eigenvalue weighted by atomic mass is 32.2. The molecule has 0 bridgehead atoms. The maximum Gasteiger partial charge on any atom is 0.339 e. The van der Waals surface area contributed by atoms with Crippen LogP contribution in [0.25, 0.3) is 0 Å². The van der Waals surface area contributed by atoms with E-state index in [9.17, 15) is 13.2 Å². The van der Waals surface area contributed by atoms with Gasteiger partial charge in [-0.05, 0) is 44.2 Å². The molecule has 0 atom stereocenters. The molecule has 1 aliphatic heterocycles. The molecule has 2 aromatic rings. The molecule has 1 amide bonds. The van der Waals surface area contributed by atoms with Crippen LogP contribution in [0.2, 0.25) is 0 Å². The molecule has 0 fully saturated rings. The molecule has 6 nitrogen and oxygen atoms in total. The van der Waals surface area contributed by atoms with Gasteiger partial charge in [0.25, 0.3) is 0 Å². The molecular formula is C17H17NO5S. The quantitative estimate of drug-likeness (QED) is 0.856. The van der Waals surface area contributed by atoms with Gasteiger partial charge in [-0.2, -0.15) is 8.42 Å². The Morgan fingerprint density at radius 1 is 1.17 bits per heavy atom. The lowest BCUT2D eigenvalue weighted by Gasteiger charge is -2.18. The number of nitrogens with two attached hydrogens (primary N) is 1. The first-order chi connectivity index (χ1) is 11.2. The lowest BCUT2D eigenvalue weighted by molar-refractivity contribution is 0.1000. The van der Waals surface area contributed by atoms with Crippen LogP contribution in [0.3, 0.4) is 0 Å². The number of para-hydroxylation sites is 1. The molecule has 24 heavy (non-hydrogen) atoms. The van der Waals surface area contributed by atoms with E-state index in [-0.39, 0.29) is 16.2 Å².